The van der Waals surface area contributed by atoms with E-state index in [1.54, 1.807) is 5.57 Å². The number of hydrogen-bond acceptors (Lipinski definition) is 2. The third-order valence-electron chi connectivity index (χ3n) is 8.58. The van der Waals surface area contributed by atoms with Gasteiger partial charge in [-0.25, -0.2) is 0 Å². The van der Waals surface area contributed by atoms with Crippen molar-refractivity contribution in [1.29, 1.82) is 0 Å². The average molecular weight is 303 g/mol. The van der Waals surface area contributed by atoms with E-state index in [1.165, 1.54) is 51.7 Å². The summed E-state index contributed by atoms with van der Waals surface area (Å²) in [5.74, 6) is 0.882. The normalized spacial score (nSPS) is 48.7. The minimum absolute atomic E-state index is 0.470. The Hall–Kier alpha value is -0.340. The summed E-state index contributed by atoms with van der Waals surface area (Å²) in [5.41, 5.74) is 5.19. The predicted octanol–water partition coefficient (Wildman–Crippen LogP) is 3.83. The van der Waals surface area contributed by atoms with Crippen molar-refractivity contribution >= 4 is 0 Å². The van der Waals surface area contributed by atoms with Gasteiger partial charge in [0.25, 0.3) is 0 Å². The molecule has 2 bridgehead atoms. The van der Waals surface area contributed by atoms with Gasteiger partial charge in [-0.3, -0.25) is 4.90 Å². The van der Waals surface area contributed by atoms with E-state index >= 15 is 0 Å². The van der Waals surface area contributed by atoms with Gasteiger partial charge in [0.05, 0.1) is 0 Å². The van der Waals surface area contributed by atoms with Crippen LogP contribution in [0.15, 0.2) is 11.1 Å². The Kier molecular flexibility index (Phi) is 3.18. The summed E-state index contributed by atoms with van der Waals surface area (Å²) < 4.78 is 0. The molecular formula is C20H34N2. The molecule has 124 valence electrons. The molecule has 2 nitrogen and oxygen atoms in total. The number of rotatable bonds is 4. The Morgan fingerprint density at radius 1 is 1.27 bits per heavy atom. The molecule has 3 fully saturated rings. The fraction of sp³-hybridized carbons (Fsp3) is 0.900. The summed E-state index contributed by atoms with van der Waals surface area (Å²) in [6, 6.07) is 0.806. The van der Waals surface area contributed by atoms with Gasteiger partial charge in [0, 0.05) is 31.1 Å². The van der Waals surface area contributed by atoms with E-state index in [0.29, 0.717) is 16.2 Å². The Morgan fingerprint density at radius 3 is 2.77 bits per heavy atom. The van der Waals surface area contributed by atoms with E-state index in [4.69, 9.17) is 0 Å². The first-order chi connectivity index (χ1) is 10.4. The molecule has 0 aromatic rings. The van der Waals surface area contributed by atoms with Crippen LogP contribution in [0.1, 0.15) is 59.8 Å². The van der Waals surface area contributed by atoms with Crippen LogP contribution in [0.3, 0.4) is 0 Å². The predicted molar refractivity (Wildman–Crippen MR) is 92.9 cm³/mol. The maximum atomic E-state index is 3.36. The number of nitrogens with one attached hydrogen (secondary N) is 1. The van der Waals surface area contributed by atoms with Crippen molar-refractivity contribution < 1.29 is 0 Å². The molecule has 1 heterocycles. The van der Waals surface area contributed by atoms with E-state index in [1.807, 2.05) is 5.57 Å². The topological polar surface area (TPSA) is 15.0 Å². The van der Waals surface area contributed by atoms with Crippen molar-refractivity contribution in [2.24, 2.45) is 22.2 Å². The first-order valence-corrected chi connectivity index (χ1v) is 9.46. The third-order valence-corrected chi connectivity index (χ3v) is 8.58. The minimum atomic E-state index is 0.470. The molecule has 1 N–H and O–H groups in total. The van der Waals surface area contributed by atoms with Gasteiger partial charge in [-0.05, 0) is 62.8 Å². The number of allylic oxidation sites excluding steroid dienone is 2. The van der Waals surface area contributed by atoms with Crippen LogP contribution in [0.4, 0.5) is 0 Å². The van der Waals surface area contributed by atoms with Crippen LogP contribution in [-0.2, 0) is 0 Å². The van der Waals surface area contributed by atoms with Crippen LogP contribution < -0.4 is 5.32 Å². The number of nitrogens with zero attached hydrogens (tertiary/aromatic N) is 1. The molecule has 4 aliphatic rings. The highest BCUT2D eigenvalue weighted by Gasteiger charge is 2.70. The highest BCUT2D eigenvalue weighted by Crippen LogP contribution is 2.77. The molecule has 3 aliphatic carbocycles. The quantitative estimate of drug-likeness (QED) is 0.627. The van der Waals surface area contributed by atoms with Gasteiger partial charge >= 0.3 is 0 Å². The average Bonchev–Trinajstić information content (AvgIpc) is 3.07. The van der Waals surface area contributed by atoms with Crippen LogP contribution in [0.5, 0.6) is 0 Å². The summed E-state index contributed by atoms with van der Waals surface area (Å²) in [7, 11) is 2.09. The van der Waals surface area contributed by atoms with Gasteiger partial charge < -0.3 is 5.32 Å². The maximum Gasteiger partial charge on any atom is 0.0348 e. The smallest absolute Gasteiger partial charge is 0.0348 e. The van der Waals surface area contributed by atoms with Gasteiger partial charge in [0.15, 0.2) is 0 Å². The van der Waals surface area contributed by atoms with Gasteiger partial charge in [-0.15, -0.1) is 0 Å². The Morgan fingerprint density at radius 2 is 2.05 bits per heavy atom. The maximum absolute atomic E-state index is 3.36. The SMILES string of the molecule is CNC[C@H]1CN1C[C@]12CC[C@@H](C)[C@@]3(CCC(C)=C3C1)C2(C)C. The lowest BCUT2D eigenvalue weighted by molar-refractivity contribution is -0.0777. The van der Waals surface area contributed by atoms with Gasteiger partial charge in [-0.2, -0.15) is 0 Å². The van der Waals surface area contributed by atoms with Crippen molar-refractivity contribution in [2.45, 2.75) is 65.8 Å². The standard InChI is InChI=1S/C20H34N2/c1-14-6-9-20-15(2)7-8-19(10-17(14)20,18(20,3)4)13-22-12-16(22)11-21-5/h15-16,21H,6-13H2,1-5H3/t15-,16+,19+,20-,22?/m1/s1. The molecule has 2 saturated carbocycles. The number of likely N-dealkylation sites (N-methyl/N-ethyl adjacent to an activating group) is 1. The lowest BCUT2D eigenvalue weighted by atomic mass is 9.48. The van der Waals surface area contributed by atoms with Crippen LogP contribution in [0.25, 0.3) is 0 Å². The van der Waals surface area contributed by atoms with Crippen molar-refractivity contribution in [3.8, 4) is 0 Å². The second-order valence-electron chi connectivity index (χ2n) is 9.39. The summed E-state index contributed by atoms with van der Waals surface area (Å²) in [4.78, 5) is 2.75. The Balaban J connectivity index is 1.68. The van der Waals surface area contributed by atoms with Crippen molar-refractivity contribution in [3.05, 3.63) is 11.1 Å². The molecule has 0 aromatic carbocycles. The summed E-state index contributed by atoms with van der Waals surface area (Å²) >= 11 is 0. The zero-order valence-electron chi connectivity index (χ0n) is 15.3. The fourth-order valence-electron chi connectivity index (χ4n) is 6.97. The third kappa shape index (κ3) is 1.64. The summed E-state index contributed by atoms with van der Waals surface area (Å²) in [5, 5.41) is 3.36. The van der Waals surface area contributed by atoms with E-state index in [9.17, 15) is 0 Å². The molecule has 0 aromatic heterocycles. The van der Waals surface area contributed by atoms with Crippen LogP contribution in [0.2, 0.25) is 0 Å². The Labute approximate surface area is 136 Å². The van der Waals surface area contributed by atoms with Gasteiger partial charge in [-0.1, -0.05) is 31.9 Å². The molecule has 0 amide bonds. The van der Waals surface area contributed by atoms with Crippen molar-refractivity contribution in [3.63, 3.8) is 0 Å². The molecular weight excluding hydrogens is 268 g/mol. The van der Waals surface area contributed by atoms with Crippen molar-refractivity contribution in [1.82, 2.24) is 10.2 Å². The highest BCUT2D eigenvalue weighted by molar-refractivity contribution is 5.40. The lowest BCUT2D eigenvalue weighted by Gasteiger charge is -2.57. The van der Waals surface area contributed by atoms with Crippen LogP contribution in [-0.4, -0.2) is 37.6 Å². The van der Waals surface area contributed by atoms with Gasteiger partial charge in [0.1, 0.15) is 0 Å². The van der Waals surface area contributed by atoms with Crippen molar-refractivity contribution in [2.75, 3.05) is 26.7 Å². The zero-order valence-corrected chi connectivity index (χ0v) is 15.3. The molecule has 1 saturated heterocycles. The van der Waals surface area contributed by atoms with E-state index in [-0.39, 0.29) is 0 Å². The molecule has 5 atom stereocenters. The second-order valence-corrected chi connectivity index (χ2v) is 9.39. The summed E-state index contributed by atoms with van der Waals surface area (Å²) in [6.07, 6.45) is 7.10. The number of hydrogen-bond donors (Lipinski definition) is 1. The second kappa shape index (κ2) is 4.60. The molecule has 2 heteroatoms. The summed E-state index contributed by atoms with van der Waals surface area (Å²) in [6.45, 7) is 14.1. The van der Waals surface area contributed by atoms with Crippen LogP contribution >= 0.6 is 0 Å². The monoisotopic (exact) mass is 302 g/mol. The first kappa shape index (κ1) is 15.2. The first-order valence-electron chi connectivity index (χ1n) is 9.46. The molecule has 1 aliphatic heterocycles. The minimum Gasteiger partial charge on any atom is -0.318 e. The highest BCUT2D eigenvalue weighted by atomic mass is 15.3. The largest absolute Gasteiger partial charge is 0.318 e. The molecule has 4 rings (SSSR count). The van der Waals surface area contributed by atoms with Gasteiger partial charge in [0.2, 0.25) is 0 Å². The molecule has 22 heavy (non-hydrogen) atoms. The lowest BCUT2D eigenvalue weighted by Crippen LogP contribution is -2.53. The molecule has 0 radical (unpaired) electrons. The number of fused-ring (bicyclic) bond motifs is 1. The fourth-order valence-corrected chi connectivity index (χ4v) is 6.97. The molecule has 1 unspecified atom stereocenters. The van der Waals surface area contributed by atoms with E-state index in [0.717, 1.165) is 12.0 Å². The van der Waals surface area contributed by atoms with E-state index < -0.39 is 0 Å². The van der Waals surface area contributed by atoms with E-state index in [2.05, 4.69) is 45.0 Å². The Bertz CT molecular complexity index is 520. The zero-order chi connectivity index (χ0) is 15.8. The van der Waals surface area contributed by atoms with Crippen LogP contribution in [0, 0.1) is 22.2 Å². The molecule has 1 spiro atoms.